The van der Waals surface area contributed by atoms with Crippen molar-refractivity contribution in [2.45, 2.75) is 27.3 Å². The van der Waals surface area contributed by atoms with Gasteiger partial charge >= 0.3 is 5.69 Å². The second kappa shape index (κ2) is 5.78. The van der Waals surface area contributed by atoms with E-state index in [1.54, 1.807) is 6.92 Å². The number of aromatic amines is 1. The number of para-hydroxylation sites is 1. The molecular weight excluding hydrogens is 270 g/mol. The monoisotopic (exact) mass is 287 g/mol. The lowest BCUT2D eigenvalue weighted by atomic mass is 10.1. The Balaban J connectivity index is 2.22. The third-order valence-corrected chi connectivity index (χ3v) is 3.25. The van der Waals surface area contributed by atoms with Crippen molar-refractivity contribution in [3.63, 3.8) is 0 Å². The Hall–Kier alpha value is -2.63. The van der Waals surface area contributed by atoms with Gasteiger partial charge in [0, 0.05) is 17.4 Å². The highest BCUT2D eigenvalue weighted by molar-refractivity contribution is 5.92. The van der Waals surface area contributed by atoms with Gasteiger partial charge in [0.2, 0.25) is 5.91 Å². The van der Waals surface area contributed by atoms with Crippen molar-refractivity contribution < 1.29 is 4.79 Å². The maximum absolute atomic E-state index is 12.1. The first kappa shape index (κ1) is 14.8. The zero-order chi connectivity index (χ0) is 15.6. The third-order valence-electron chi connectivity index (χ3n) is 3.25. The minimum atomic E-state index is -0.595. The van der Waals surface area contributed by atoms with Gasteiger partial charge in [-0.15, -0.1) is 0 Å². The van der Waals surface area contributed by atoms with Gasteiger partial charge in [-0.2, -0.15) is 0 Å². The molecule has 0 atom stereocenters. The van der Waals surface area contributed by atoms with E-state index in [1.807, 2.05) is 32.0 Å². The molecule has 0 unspecified atom stereocenters. The molecule has 1 aromatic carbocycles. The third kappa shape index (κ3) is 3.28. The highest BCUT2D eigenvalue weighted by Gasteiger charge is 2.09. The molecule has 0 radical (unpaired) electrons. The van der Waals surface area contributed by atoms with Crippen molar-refractivity contribution in [3.05, 3.63) is 61.9 Å². The first-order valence-electron chi connectivity index (χ1n) is 6.55. The van der Waals surface area contributed by atoms with E-state index in [2.05, 4.69) is 10.3 Å². The van der Waals surface area contributed by atoms with Gasteiger partial charge in [0.25, 0.3) is 5.56 Å². The molecule has 2 rings (SSSR count). The SMILES string of the molecule is Cc1cccc(C)c1NC(=O)Cn1cc(C)c(=O)[nH]c1=O. The second-order valence-electron chi connectivity index (χ2n) is 5.01. The number of aryl methyl sites for hydroxylation is 3. The molecule has 6 nitrogen and oxygen atoms in total. The van der Waals surface area contributed by atoms with E-state index in [4.69, 9.17) is 0 Å². The Morgan fingerprint density at radius 1 is 1.14 bits per heavy atom. The Labute approximate surface area is 121 Å². The van der Waals surface area contributed by atoms with E-state index < -0.39 is 11.2 Å². The van der Waals surface area contributed by atoms with Crippen LogP contribution in [-0.2, 0) is 11.3 Å². The summed E-state index contributed by atoms with van der Waals surface area (Å²) in [6.07, 6.45) is 1.38. The minimum Gasteiger partial charge on any atom is -0.324 e. The van der Waals surface area contributed by atoms with Gasteiger partial charge < -0.3 is 5.32 Å². The van der Waals surface area contributed by atoms with Crippen LogP contribution in [0.4, 0.5) is 5.69 Å². The van der Waals surface area contributed by atoms with E-state index in [0.29, 0.717) is 5.56 Å². The van der Waals surface area contributed by atoms with Gasteiger partial charge in [-0.1, -0.05) is 18.2 Å². The predicted octanol–water partition coefficient (Wildman–Crippen LogP) is 1.10. The normalized spacial score (nSPS) is 10.4. The van der Waals surface area contributed by atoms with Crippen LogP contribution in [0.5, 0.6) is 0 Å². The van der Waals surface area contributed by atoms with Gasteiger partial charge in [0.15, 0.2) is 0 Å². The van der Waals surface area contributed by atoms with Crippen LogP contribution in [0.25, 0.3) is 0 Å². The van der Waals surface area contributed by atoms with Crippen molar-refractivity contribution in [2.24, 2.45) is 0 Å². The van der Waals surface area contributed by atoms with Gasteiger partial charge in [0.05, 0.1) is 0 Å². The quantitative estimate of drug-likeness (QED) is 0.886. The summed E-state index contributed by atoms with van der Waals surface area (Å²) < 4.78 is 1.18. The number of H-pyrrole nitrogens is 1. The largest absolute Gasteiger partial charge is 0.328 e. The summed E-state index contributed by atoms with van der Waals surface area (Å²) in [6.45, 7) is 5.24. The molecule has 0 bridgehead atoms. The minimum absolute atomic E-state index is 0.149. The van der Waals surface area contributed by atoms with Crippen molar-refractivity contribution in [2.75, 3.05) is 5.32 Å². The molecule has 0 aliphatic rings. The molecule has 0 saturated heterocycles. The van der Waals surface area contributed by atoms with Crippen LogP contribution in [0, 0.1) is 20.8 Å². The fraction of sp³-hybridized carbons (Fsp3) is 0.267. The van der Waals surface area contributed by atoms with Gasteiger partial charge in [-0.05, 0) is 31.9 Å². The molecule has 2 N–H and O–H groups in total. The molecule has 0 saturated carbocycles. The molecule has 1 aromatic heterocycles. The summed E-state index contributed by atoms with van der Waals surface area (Å²) in [6, 6.07) is 5.72. The van der Waals surface area contributed by atoms with Gasteiger partial charge in [-0.25, -0.2) is 4.79 Å². The average Bonchev–Trinajstić information content (AvgIpc) is 2.40. The number of anilines is 1. The molecule has 2 aromatic rings. The van der Waals surface area contributed by atoms with Crippen molar-refractivity contribution >= 4 is 11.6 Å². The summed E-state index contributed by atoms with van der Waals surface area (Å²) in [5, 5.41) is 2.80. The lowest BCUT2D eigenvalue weighted by Crippen LogP contribution is -2.34. The Morgan fingerprint density at radius 2 is 1.76 bits per heavy atom. The van der Waals surface area contributed by atoms with Crippen LogP contribution in [0.1, 0.15) is 16.7 Å². The Bertz CT molecular complexity index is 782. The van der Waals surface area contributed by atoms with Crippen LogP contribution in [0.15, 0.2) is 34.0 Å². The standard InChI is InChI=1S/C15H17N3O3/c1-9-5-4-6-10(2)13(9)16-12(19)8-18-7-11(3)14(20)17-15(18)21/h4-7H,8H2,1-3H3,(H,16,19)(H,17,20,21). The zero-order valence-corrected chi connectivity index (χ0v) is 12.2. The highest BCUT2D eigenvalue weighted by Crippen LogP contribution is 2.19. The van der Waals surface area contributed by atoms with Crippen LogP contribution < -0.4 is 16.6 Å². The van der Waals surface area contributed by atoms with E-state index in [1.165, 1.54) is 10.8 Å². The number of carbonyl (C=O) groups is 1. The molecule has 6 heteroatoms. The number of aromatic nitrogens is 2. The maximum atomic E-state index is 12.1. The molecular formula is C15H17N3O3. The van der Waals surface area contributed by atoms with Crippen LogP contribution in [0.3, 0.4) is 0 Å². The van der Waals surface area contributed by atoms with Crippen LogP contribution >= 0.6 is 0 Å². The Morgan fingerprint density at radius 3 is 2.38 bits per heavy atom. The number of benzene rings is 1. The molecule has 21 heavy (non-hydrogen) atoms. The van der Waals surface area contributed by atoms with E-state index in [0.717, 1.165) is 16.8 Å². The number of carbonyl (C=O) groups excluding carboxylic acids is 1. The van der Waals surface area contributed by atoms with Crippen molar-refractivity contribution in [3.8, 4) is 0 Å². The number of rotatable bonds is 3. The lowest BCUT2D eigenvalue weighted by molar-refractivity contribution is -0.116. The number of nitrogens with one attached hydrogen (secondary N) is 2. The number of hydrogen-bond acceptors (Lipinski definition) is 3. The van der Waals surface area contributed by atoms with E-state index >= 15 is 0 Å². The molecule has 0 spiro atoms. The maximum Gasteiger partial charge on any atom is 0.328 e. The van der Waals surface area contributed by atoms with E-state index in [-0.39, 0.29) is 12.5 Å². The van der Waals surface area contributed by atoms with Crippen molar-refractivity contribution in [1.82, 2.24) is 9.55 Å². The zero-order valence-electron chi connectivity index (χ0n) is 12.2. The van der Waals surface area contributed by atoms with Gasteiger partial charge in [0.1, 0.15) is 6.54 Å². The number of hydrogen-bond donors (Lipinski definition) is 2. The first-order chi connectivity index (χ1) is 9.88. The number of nitrogens with zero attached hydrogens (tertiary/aromatic N) is 1. The lowest BCUT2D eigenvalue weighted by Gasteiger charge is -2.12. The second-order valence-corrected chi connectivity index (χ2v) is 5.01. The van der Waals surface area contributed by atoms with E-state index in [9.17, 15) is 14.4 Å². The number of amides is 1. The summed E-state index contributed by atoms with van der Waals surface area (Å²) in [4.78, 5) is 37.2. The fourth-order valence-corrected chi connectivity index (χ4v) is 2.08. The molecule has 0 fully saturated rings. The summed E-state index contributed by atoms with van der Waals surface area (Å²) in [5.74, 6) is -0.319. The summed E-state index contributed by atoms with van der Waals surface area (Å²) in [5.41, 5.74) is 2.00. The average molecular weight is 287 g/mol. The first-order valence-corrected chi connectivity index (χ1v) is 6.55. The van der Waals surface area contributed by atoms with Crippen LogP contribution in [0.2, 0.25) is 0 Å². The molecule has 0 aliphatic carbocycles. The highest BCUT2D eigenvalue weighted by atomic mass is 16.2. The molecule has 110 valence electrons. The summed E-state index contributed by atoms with van der Waals surface area (Å²) >= 11 is 0. The smallest absolute Gasteiger partial charge is 0.324 e. The Kier molecular flexibility index (Phi) is 4.07. The van der Waals surface area contributed by atoms with Gasteiger partial charge in [-0.3, -0.25) is 19.1 Å². The van der Waals surface area contributed by atoms with Crippen molar-refractivity contribution in [1.29, 1.82) is 0 Å². The molecule has 1 amide bonds. The fourth-order valence-electron chi connectivity index (χ4n) is 2.08. The summed E-state index contributed by atoms with van der Waals surface area (Å²) in [7, 11) is 0. The topological polar surface area (TPSA) is 84.0 Å². The molecule has 0 aliphatic heterocycles. The molecule has 1 heterocycles. The predicted molar refractivity (Wildman–Crippen MR) is 80.6 cm³/mol. The van der Waals surface area contributed by atoms with Crippen LogP contribution in [-0.4, -0.2) is 15.5 Å².